The van der Waals surface area contributed by atoms with Crippen LogP contribution in [0.2, 0.25) is 0 Å². The average molecular weight is 330 g/mol. The lowest BCUT2D eigenvalue weighted by Crippen LogP contribution is -2.47. The van der Waals surface area contributed by atoms with Crippen LogP contribution in [-0.4, -0.2) is 24.4 Å². The molecular formula is C17H28ClNO3. The number of esters is 1. The van der Waals surface area contributed by atoms with Gasteiger partial charge in [-0.25, -0.2) is 4.79 Å². The van der Waals surface area contributed by atoms with Gasteiger partial charge < -0.3 is 10.5 Å². The quantitative estimate of drug-likeness (QED) is 0.601. The summed E-state index contributed by atoms with van der Waals surface area (Å²) in [5.41, 5.74) is 6.07. The molecule has 4 nitrogen and oxygen atoms in total. The van der Waals surface area contributed by atoms with E-state index in [0.29, 0.717) is 11.8 Å². The van der Waals surface area contributed by atoms with Crippen molar-refractivity contribution in [2.75, 3.05) is 6.61 Å². The number of hydrogen-bond acceptors (Lipinski definition) is 4. The van der Waals surface area contributed by atoms with E-state index < -0.39 is 12.0 Å². The van der Waals surface area contributed by atoms with Crippen LogP contribution in [0.5, 0.6) is 0 Å². The predicted octanol–water partition coefficient (Wildman–Crippen LogP) is 2.86. The van der Waals surface area contributed by atoms with Crippen molar-refractivity contribution in [1.82, 2.24) is 0 Å². The number of ketones is 1. The Morgan fingerprint density at radius 3 is 2.09 bits per heavy atom. The lowest BCUT2D eigenvalue weighted by molar-refractivity contribution is -0.147. The average Bonchev–Trinajstić information content (AvgIpc) is 2.43. The van der Waals surface area contributed by atoms with Gasteiger partial charge >= 0.3 is 5.97 Å². The van der Waals surface area contributed by atoms with E-state index in [2.05, 4.69) is 0 Å². The van der Waals surface area contributed by atoms with E-state index in [1.807, 2.05) is 0 Å². The molecule has 5 heteroatoms. The molecule has 0 aromatic carbocycles. The summed E-state index contributed by atoms with van der Waals surface area (Å²) in [6.07, 6.45) is 9.47. The van der Waals surface area contributed by atoms with Crippen molar-refractivity contribution in [2.24, 2.45) is 28.9 Å². The first-order chi connectivity index (χ1) is 10.0. The number of ether oxygens (including phenoxy) is 1. The fraction of sp³-hybridized carbons (Fsp3) is 0.882. The first kappa shape index (κ1) is 17.7. The molecule has 126 valence electrons. The maximum absolute atomic E-state index is 12.1. The second-order valence-electron chi connectivity index (χ2n) is 7.61. The van der Waals surface area contributed by atoms with Crippen LogP contribution in [0, 0.1) is 23.2 Å². The first-order valence-corrected chi connectivity index (χ1v) is 8.46. The lowest BCUT2D eigenvalue weighted by Gasteiger charge is -2.57. The molecule has 4 saturated carbocycles. The van der Waals surface area contributed by atoms with E-state index >= 15 is 0 Å². The molecule has 0 aromatic rings. The van der Waals surface area contributed by atoms with Crippen molar-refractivity contribution in [3.63, 3.8) is 0 Å². The molecule has 0 radical (unpaired) electrons. The fourth-order valence-corrected chi connectivity index (χ4v) is 5.50. The van der Waals surface area contributed by atoms with E-state index in [0.717, 1.165) is 24.2 Å². The number of hydrogen-bond donors (Lipinski definition) is 1. The molecule has 0 aromatic heterocycles. The minimum absolute atomic E-state index is 0. The molecule has 22 heavy (non-hydrogen) atoms. The number of halogens is 1. The van der Waals surface area contributed by atoms with Crippen LogP contribution >= 0.6 is 12.4 Å². The van der Waals surface area contributed by atoms with Gasteiger partial charge in [0.1, 0.15) is 0 Å². The molecule has 0 spiro atoms. The molecule has 0 aliphatic heterocycles. The van der Waals surface area contributed by atoms with Crippen LogP contribution in [0.4, 0.5) is 0 Å². The monoisotopic (exact) mass is 329 g/mol. The van der Waals surface area contributed by atoms with Crippen LogP contribution in [0.3, 0.4) is 0 Å². The number of nitrogens with two attached hydrogens (primary N) is 1. The van der Waals surface area contributed by atoms with Gasteiger partial charge in [0, 0.05) is 6.42 Å². The van der Waals surface area contributed by atoms with Crippen LogP contribution in [0.1, 0.15) is 58.3 Å². The fourth-order valence-electron chi connectivity index (χ4n) is 5.50. The number of carbonyl (C=O) groups is 2. The summed E-state index contributed by atoms with van der Waals surface area (Å²) in [5.74, 6) is 1.96. The Kier molecular flexibility index (Phi) is 5.54. The molecular weight excluding hydrogens is 302 g/mol. The molecule has 2 N–H and O–H groups in total. The van der Waals surface area contributed by atoms with E-state index in [4.69, 9.17) is 10.5 Å². The zero-order valence-corrected chi connectivity index (χ0v) is 14.2. The summed E-state index contributed by atoms with van der Waals surface area (Å²) >= 11 is 0. The summed E-state index contributed by atoms with van der Waals surface area (Å²) in [6, 6.07) is -1.08. The van der Waals surface area contributed by atoms with E-state index in [1.165, 1.54) is 38.5 Å². The van der Waals surface area contributed by atoms with Gasteiger partial charge in [0.05, 0.1) is 6.61 Å². The molecule has 0 saturated heterocycles. The molecule has 0 heterocycles. The van der Waals surface area contributed by atoms with Gasteiger partial charge in [-0.15, -0.1) is 12.4 Å². The van der Waals surface area contributed by atoms with Gasteiger partial charge in [0.15, 0.2) is 11.8 Å². The van der Waals surface area contributed by atoms with Gasteiger partial charge in [-0.05, 0) is 75.0 Å². The maximum Gasteiger partial charge on any atom is 0.330 e. The zero-order chi connectivity index (χ0) is 15.0. The number of Topliss-reactive ketones (excluding diaryl/α,β-unsaturated/α-hetero) is 1. The molecule has 4 fully saturated rings. The predicted molar refractivity (Wildman–Crippen MR) is 86.7 cm³/mol. The highest BCUT2D eigenvalue weighted by Gasteiger charge is 2.50. The Bertz CT molecular complexity index is 402. The Labute approximate surface area is 138 Å². The van der Waals surface area contributed by atoms with Crippen molar-refractivity contribution in [3.8, 4) is 0 Å². The van der Waals surface area contributed by atoms with E-state index in [1.54, 1.807) is 6.92 Å². The van der Waals surface area contributed by atoms with Gasteiger partial charge in [-0.1, -0.05) is 0 Å². The molecule has 1 unspecified atom stereocenters. The smallest absolute Gasteiger partial charge is 0.330 e. The molecule has 4 aliphatic rings. The first-order valence-electron chi connectivity index (χ1n) is 8.46. The van der Waals surface area contributed by atoms with Gasteiger partial charge in [-0.3, -0.25) is 4.79 Å². The summed E-state index contributed by atoms with van der Waals surface area (Å²) in [4.78, 5) is 23.7. The minimum atomic E-state index is -1.08. The SMILES string of the molecule is CCOC(=O)C(N)C(=O)CCC12CC3CC(CC(C3)C1)C2.Cl. The van der Waals surface area contributed by atoms with Gasteiger partial charge in [0.25, 0.3) is 0 Å². The third kappa shape index (κ3) is 3.48. The third-order valence-corrected chi connectivity index (χ3v) is 5.95. The van der Waals surface area contributed by atoms with Crippen LogP contribution < -0.4 is 5.73 Å². The van der Waals surface area contributed by atoms with Crippen molar-refractivity contribution in [3.05, 3.63) is 0 Å². The zero-order valence-electron chi connectivity index (χ0n) is 13.4. The topological polar surface area (TPSA) is 69.4 Å². The van der Waals surface area contributed by atoms with E-state index in [9.17, 15) is 9.59 Å². The van der Waals surface area contributed by atoms with Crippen molar-refractivity contribution < 1.29 is 14.3 Å². The highest BCUT2D eigenvalue weighted by molar-refractivity contribution is 6.02. The highest BCUT2D eigenvalue weighted by atomic mass is 35.5. The molecule has 4 rings (SSSR count). The summed E-state index contributed by atoms with van der Waals surface area (Å²) in [5, 5.41) is 0. The Morgan fingerprint density at radius 1 is 1.14 bits per heavy atom. The summed E-state index contributed by atoms with van der Waals surface area (Å²) < 4.78 is 4.84. The van der Waals surface area contributed by atoms with Crippen LogP contribution in [-0.2, 0) is 14.3 Å². The van der Waals surface area contributed by atoms with Crippen molar-refractivity contribution in [2.45, 2.75) is 64.3 Å². The molecule has 0 amide bonds. The number of rotatable bonds is 6. The standard InChI is InChI=1S/C17H27NO3.ClH/c1-2-21-16(20)15(18)14(19)3-4-17-8-11-5-12(9-17)7-13(6-11)10-17;/h11-13,15H,2-10,18H2,1H3;1H. The summed E-state index contributed by atoms with van der Waals surface area (Å²) in [6.45, 7) is 2.00. The second-order valence-corrected chi connectivity index (χ2v) is 7.61. The molecule has 4 bridgehead atoms. The highest BCUT2D eigenvalue weighted by Crippen LogP contribution is 2.61. The molecule has 4 aliphatic carbocycles. The van der Waals surface area contributed by atoms with Gasteiger partial charge in [-0.2, -0.15) is 0 Å². The van der Waals surface area contributed by atoms with Crippen LogP contribution in [0.15, 0.2) is 0 Å². The summed E-state index contributed by atoms with van der Waals surface area (Å²) in [7, 11) is 0. The van der Waals surface area contributed by atoms with Crippen molar-refractivity contribution in [1.29, 1.82) is 0 Å². The maximum atomic E-state index is 12.1. The van der Waals surface area contributed by atoms with Gasteiger partial charge in [0.2, 0.25) is 0 Å². The Hall–Kier alpha value is -0.610. The largest absolute Gasteiger partial charge is 0.464 e. The Balaban J connectivity index is 0.00000176. The van der Waals surface area contributed by atoms with E-state index in [-0.39, 0.29) is 24.8 Å². The second kappa shape index (κ2) is 6.88. The van der Waals surface area contributed by atoms with Crippen molar-refractivity contribution >= 4 is 24.2 Å². The lowest BCUT2D eigenvalue weighted by atomic mass is 9.48. The third-order valence-electron chi connectivity index (χ3n) is 5.95. The van der Waals surface area contributed by atoms with Crippen LogP contribution in [0.25, 0.3) is 0 Å². The normalized spacial score (nSPS) is 36.5. The Morgan fingerprint density at radius 2 is 1.64 bits per heavy atom. The molecule has 1 atom stereocenters. The number of carbonyl (C=O) groups excluding carboxylic acids is 2. The minimum Gasteiger partial charge on any atom is -0.464 e.